The van der Waals surface area contributed by atoms with Crippen molar-refractivity contribution in [2.24, 2.45) is 0 Å². The average molecular weight is 521 g/mol. The van der Waals surface area contributed by atoms with Crippen molar-refractivity contribution in [3.8, 4) is 23.0 Å². The number of nitrogens with one attached hydrogen (secondary N) is 1. The van der Waals surface area contributed by atoms with Crippen molar-refractivity contribution in [1.82, 2.24) is 14.5 Å². The van der Waals surface area contributed by atoms with Gasteiger partial charge in [-0.3, -0.25) is 10.1 Å². The van der Waals surface area contributed by atoms with E-state index in [0.717, 1.165) is 0 Å². The fourth-order valence-corrected chi connectivity index (χ4v) is 5.58. The van der Waals surface area contributed by atoms with Crippen LogP contribution in [0.2, 0.25) is 5.02 Å². The number of sulfonamides is 1. The van der Waals surface area contributed by atoms with E-state index in [1.54, 1.807) is 18.2 Å². The number of ether oxygens (including phenoxy) is 2. The van der Waals surface area contributed by atoms with E-state index in [1.807, 2.05) is 13.8 Å². The first kappa shape index (κ1) is 25.0. The summed E-state index contributed by atoms with van der Waals surface area (Å²) in [6.45, 7) is 4.91. The van der Waals surface area contributed by atoms with Gasteiger partial charge in [-0.05, 0) is 69.2 Å². The molecule has 12 heteroatoms. The van der Waals surface area contributed by atoms with Gasteiger partial charge in [0.2, 0.25) is 21.8 Å². The molecule has 0 spiro atoms. The summed E-state index contributed by atoms with van der Waals surface area (Å²) >= 11 is 5.87. The zero-order chi connectivity index (χ0) is 25.0. The number of hydrogen-bond acceptors (Lipinski definition) is 8. The predicted molar refractivity (Wildman–Crippen MR) is 129 cm³/mol. The van der Waals surface area contributed by atoms with Gasteiger partial charge in [0.05, 0.1) is 18.1 Å². The van der Waals surface area contributed by atoms with Crippen LogP contribution in [0.5, 0.6) is 11.5 Å². The Kier molecular flexibility index (Phi) is 7.58. The molecule has 1 saturated heterocycles. The van der Waals surface area contributed by atoms with E-state index in [2.05, 4.69) is 15.5 Å². The number of anilines is 1. The van der Waals surface area contributed by atoms with Gasteiger partial charge < -0.3 is 13.9 Å². The van der Waals surface area contributed by atoms with Crippen LogP contribution in [0.25, 0.3) is 11.5 Å². The molecule has 1 aromatic heterocycles. The summed E-state index contributed by atoms with van der Waals surface area (Å²) < 4.78 is 44.2. The Hall–Kier alpha value is -3.15. The highest BCUT2D eigenvalue weighted by Crippen LogP contribution is 2.33. The van der Waals surface area contributed by atoms with Crippen molar-refractivity contribution in [2.75, 3.05) is 25.1 Å². The van der Waals surface area contributed by atoms with Crippen molar-refractivity contribution >= 4 is 33.5 Å². The first-order valence-corrected chi connectivity index (χ1v) is 13.0. The summed E-state index contributed by atoms with van der Waals surface area (Å²) in [4.78, 5) is 13.0. The van der Waals surface area contributed by atoms with Crippen LogP contribution in [-0.4, -0.2) is 54.6 Å². The number of benzene rings is 2. The molecule has 1 unspecified atom stereocenters. The third-order valence-electron chi connectivity index (χ3n) is 5.37. The van der Waals surface area contributed by atoms with E-state index in [0.29, 0.717) is 48.1 Å². The Bertz CT molecular complexity index is 1300. The van der Waals surface area contributed by atoms with Gasteiger partial charge in [0, 0.05) is 17.1 Å². The molecule has 1 atom stereocenters. The molecule has 1 N–H and O–H groups in total. The molecular formula is C23H25ClN4O6S. The molecule has 2 aromatic carbocycles. The smallest absolute Gasteiger partial charge is 0.322 e. The van der Waals surface area contributed by atoms with Crippen LogP contribution in [0, 0.1) is 0 Å². The molecule has 1 aliphatic heterocycles. The summed E-state index contributed by atoms with van der Waals surface area (Å²) in [7, 11) is -3.88. The van der Waals surface area contributed by atoms with Crippen molar-refractivity contribution in [1.29, 1.82) is 0 Å². The van der Waals surface area contributed by atoms with Crippen LogP contribution >= 0.6 is 11.6 Å². The second-order valence-electron chi connectivity index (χ2n) is 7.66. The van der Waals surface area contributed by atoms with Gasteiger partial charge in [-0.2, -0.15) is 4.31 Å². The van der Waals surface area contributed by atoms with E-state index in [1.165, 1.54) is 28.6 Å². The molecule has 35 heavy (non-hydrogen) atoms. The quantitative estimate of drug-likeness (QED) is 0.449. The number of nitrogens with zero attached hydrogens (tertiary/aromatic N) is 3. The SMILES string of the molecule is CCOc1ccc(-c2nnc(NC(=O)C3CCCN3S(=O)(=O)c3ccc(Cl)cc3)o2)cc1OCC. The van der Waals surface area contributed by atoms with Gasteiger partial charge >= 0.3 is 6.01 Å². The first-order valence-electron chi connectivity index (χ1n) is 11.1. The maximum absolute atomic E-state index is 13.1. The molecule has 0 radical (unpaired) electrons. The van der Waals surface area contributed by atoms with Gasteiger partial charge in [-0.15, -0.1) is 5.10 Å². The minimum atomic E-state index is -3.88. The summed E-state index contributed by atoms with van der Waals surface area (Å²) in [5, 5.41) is 10.9. The van der Waals surface area contributed by atoms with Crippen LogP contribution in [-0.2, 0) is 14.8 Å². The van der Waals surface area contributed by atoms with Crippen molar-refractivity contribution in [3.05, 3.63) is 47.5 Å². The molecule has 0 bridgehead atoms. The van der Waals surface area contributed by atoms with E-state index in [4.69, 9.17) is 25.5 Å². The molecule has 10 nitrogen and oxygen atoms in total. The number of amides is 1. The van der Waals surface area contributed by atoms with Crippen LogP contribution in [0.3, 0.4) is 0 Å². The fourth-order valence-electron chi connectivity index (χ4n) is 3.80. The van der Waals surface area contributed by atoms with Crippen LogP contribution in [0.15, 0.2) is 51.8 Å². The number of aromatic nitrogens is 2. The van der Waals surface area contributed by atoms with E-state index in [-0.39, 0.29) is 23.3 Å². The highest BCUT2D eigenvalue weighted by atomic mass is 35.5. The Morgan fingerprint density at radius 3 is 2.54 bits per heavy atom. The zero-order valence-corrected chi connectivity index (χ0v) is 20.8. The Morgan fingerprint density at radius 1 is 1.11 bits per heavy atom. The molecule has 1 fully saturated rings. The molecule has 1 amide bonds. The summed E-state index contributed by atoms with van der Waals surface area (Å²) in [6, 6.07) is 9.99. The van der Waals surface area contributed by atoms with Crippen molar-refractivity contribution < 1.29 is 27.1 Å². The number of halogens is 1. The lowest BCUT2D eigenvalue weighted by atomic mass is 10.2. The molecule has 2 heterocycles. The molecular weight excluding hydrogens is 496 g/mol. The van der Waals surface area contributed by atoms with Crippen LogP contribution < -0.4 is 14.8 Å². The fraction of sp³-hybridized carbons (Fsp3) is 0.348. The molecule has 0 aliphatic carbocycles. The van der Waals surface area contributed by atoms with Gasteiger partial charge in [0.25, 0.3) is 0 Å². The summed E-state index contributed by atoms with van der Waals surface area (Å²) in [5.41, 5.74) is 0.581. The number of carbonyl (C=O) groups is 1. The molecule has 186 valence electrons. The van der Waals surface area contributed by atoms with Gasteiger partial charge in [0.15, 0.2) is 11.5 Å². The summed E-state index contributed by atoms with van der Waals surface area (Å²) in [6.07, 6.45) is 0.919. The molecule has 3 aromatic rings. The van der Waals surface area contributed by atoms with E-state index in [9.17, 15) is 13.2 Å². The normalized spacial score (nSPS) is 16.3. The Labute approximate surface area is 208 Å². The Morgan fingerprint density at radius 2 is 1.83 bits per heavy atom. The Balaban J connectivity index is 1.50. The standard InChI is InChI=1S/C23H25ClN4O6S/c1-3-32-19-12-7-15(14-20(19)33-4-2)22-26-27-23(34-22)25-21(29)18-6-5-13-28(18)35(30,31)17-10-8-16(24)9-11-17/h7-12,14,18H,3-6,13H2,1-2H3,(H,25,27,29). The third-order valence-corrected chi connectivity index (χ3v) is 7.55. The monoisotopic (exact) mass is 520 g/mol. The van der Waals surface area contributed by atoms with Gasteiger partial charge in [-0.25, -0.2) is 8.42 Å². The number of hydrogen-bond donors (Lipinski definition) is 1. The van der Waals surface area contributed by atoms with Crippen LogP contribution in [0.4, 0.5) is 6.01 Å². The lowest BCUT2D eigenvalue weighted by Crippen LogP contribution is -2.43. The van der Waals surface area contributed by atoms with Gasteiger partial charge in [0.1, 0.15) is 6.04 Å². The van der Waals surface area contributed by atoms with E-state index >= 15 is 0 Å². The second kappa shape index (κ2) is 10.6. The largest absolute Gasteiger partial charge is 0.490 e. The summed E-state index contributed by atoms with van der Waals surface area (Å²) in [5.74, 6) is 0.748. The minimum Gasteiger partial charge on any atom is -0.490 e. The van der Waals surface area contributed by atoms with Crippen molar-refractivity contribution in [3.63, 3.8) is 0 Å². The van der Waals surface area contributed by atoms with Gasteiger partial charge in [-0.1, -0.05) is 16.7 Å². The molecule has 4 rings (SSSR count). The van der Waals surface area contributed by atoms with E-state index < -0.39 is 22.0 Å². The highest BCUT2D eigenvalue weighted by molar-refractivity contribution is 7.89. The number of rotatable bonds is 9. The topological polar surface area (TPSA) is 124 Å². The first-order chi connectivity index (χ1) is 16.8. The second-order valence-corrected chi connectivity index (χ2v) is 9.98. The molecule has 1 aliphatic rings. The maximum atomic E-state index is 13.1. The lowest BCUT2D eigenvalue weighted by Gasteiger charge is -2.22. The van der Waals surface area contributed by atoms with Crippen LogP contribution in [0.1, 0.15) is 26.7 Å². The lowest BCUT2D eigenvalue weighted by molar-refractivity contribution is -0.119. The highest BCUT2D eigenvalue weighted by Gasteiger charge is 2.40. The number of carbonyl (C=O) groups excluding carboxylic acids is 1. The molecule has 0 saturated carbocycles. The van der Waals surface area contributed by atoms with Crippen molar-refractivity contribution in [2.45, 2.75) is 37.6 Å². The third kappa shape index (κ3) is 5.42. The predicted octanol–water partition coefficient (Wildman–Crippen LogP) is 3.98. The minimum absolute atomic E-state index is 0.0716. The average Bonchev–Trinajstić information content (AvgIpc) is 3.51. The maximum Gasteiger partial charge on any atom is 0.322 e. The zero-order valence-electron chi connectivity index (χ0n) is 19.2.